The number of carbonyl (C=O) groups excluding carboxylic acids is 2. The highest BCUT2D eigenvalue weighted by Crippen LogP contribution is 2.28. The van der Waals surface area contributed by atoms with Gasteiger partial charge < -0.3 is 19.2 Å². The van der Waals surface area contributed by atoms with Crippen LogP contribution in [0.25, 0.3) is 11.1 Å². The Morgan fingerprint density at radius 3 is 2.53 bits per heavy atom. The summed E-state index contributed by atoms with van der Waals surface area (Å²) < 4.78 is 17.5. The molecule has 1 aromatic heterocycles. The fourth-order valence-corrected chi connectivity index (χ4v) is 3.64. The van der Waals surface area contributed by atoms with Crippen molar-refractivity contribution in [3.8, 4) is 5.75 Å². The number of aromatic nitrogens is 1. The second-order valence-electron chi connectivity index (χ2n) is 7.71. The van der Waals surface area contributed by atoms with Crippen LogP contribution in [0.4, 0.5) is 5.69 Å². The first-order valence-corrected chi connectivity index (χ1v) is 10.7. The van der Waals surface area contributed by atoms with E-state index in [1.54, 1.807) is 66.7 Å². The number of fused-ring (bicyclic) bond motifs is 1. The number of amides is 1. The van der Waals surface area contributed by atoms with Crippen molar-refractivity contribution >= 4 is 28.7 Å². The van der Waals surface area contributed by atoms with Crippen LogP contribution in [0.1, 0.15) is 23.7 Å². The minimum absolute atomic E-state index is 0.0590. The molecule has 0 saturated carbocycles. The number of ether oxygens (including phenoxy) is 2. The van der Waals surface area contributed by atoms with Crippen LogP contribution in [0, 0.1) is 6.92 Å². The maximum Gasteiger partial charge on any atom is 0.419 e. The van der Waals surface area contributed by atoms with Gasteiger partial charge in [-0.15, -0.1) is 0 Å². The third kappa shape index (κ3) is 5.01. The van der Waals surface area contributed by atoms with Crippen LogP contribution in [-0.2, 0) is 20.9 Å². The highest BCUT2D eigenvalue weighted by molar-refractivity contribution is 5.97. The van der Waals surface area contributed by atoms with Crippen LogP contribution < -0.4 is 15.8 Å². The Morgan fingerprint density at radius 2 is 1.76 bits per heavy atom. The third-order valence-corrected chi connectivity index (χ3v) is 5.32. The molecular formula is C26H24N2O6. The van der Waals surface area contributed by atoms with Crippen LogP contribution in [0.3, 0.4) is 0 Å². The largest absolute Gasteiger partial charge is 0.495 e. The molecule has 0 aliphatic rings. The number of para-hydroxylation sites is 2. The normalized spacial score (nSPS) is 11.7. The number of hydrogen-bond acceptors (Lipinski definition) is 6. The zero-order chi connectivity index (χ0) is 24.1. The number of benzene rings is 3. The molecule has 34 heavy (non-hydrogen) atoms. The number of esters is 1. The van der Waals surface area contributed by atoms with Crippen LogP contribution in [0.2, 0.25) is 0 Å². The third-order valence-electron chi connectivity index (χ3n) is 5.32. The molecule has 1 atom stereocenters. The van der Waals surface area contributed by atoms with Gasteiger partial charge in [0.1, 0.15) is 5.75 Å². The molecule has 8 heteroatoms. The lowest BCUT2D eigenvalue weighted by Crippen LogP contribution is -2.27. The highest BCUT2D eigenvalue weighted by atomic mass is 16.5. The molecule has 1 amide bonds. The van der Waals surface area contributed by atoms with Crippen LogP contribution in [0.15, 0.2) is 82.0 Å². The van der Waals surface area contributed by atoms with Gasteiger partial charge in [-0.25, -0.2) is 4.79 Å². The fraction of sp³-hybridized carbons (Fsp3) is 0.192. The van der Waals surface area contributed by atoms with E-state index in [1.807, 2.05) is 13.0 Å². The summed E-state index contributed by atoms with van der Waals surface area (Å²) in [7, 11) is 1.51. The van der Waals surface area contributed by atoms with Gasteiger partial charge in [0.15, 0.2) is 5.58 Å². The molecule has 8 nitrogen and oxygen atoms in total. The number of hydrogen-bond donors (Lipinski definition) is 1. The lowest BCUT2D eigenvalue weighted by Gasteiger charge is -2.19. The Morgan fingerprint density at radius 1 is 1.03 bits per heavy atom. The summed E-state index contributed by atoms with van der Waals surface area (Å²) in [6.45, 7) is 1.95. The van der Waals surface area contributed by atoms with Crippen LogP contribution in [-0.4, -0.2) is 23.6 Å². The molecule has 0 radical (unpaired) electrons. The molecule has 0 saturated heterocycles. The van der Waals surface area contributed by atoms with Gasteiger partial charge in [0.2, 0.25) is 6.10 Å². The minimum atomic E-state index is -1.18. The maximum absolute atomic E-state index is 13.2. The van der Waals surface area contributed by atoms with Gasteiger partial charge >= 0.3 is 11.7 Å². The quantitative estimate of drug-likeness (QED) is 0.395. The predicted octanol–water partition coefficient (Wildman–Crippen LogP) is 4.22. The molecule has 0 bridgehead atoms. The summed E-state index contributed by atoms with van der Waals surface area (Å²) in [5, 5.41) is 2.80. The average molecular weight is 460 g/mol. The molecule has 1 N–H and O–H groups in total. The van der Waals surface area contributed by atoms with E-state index in [9.17, 15) is 14.4 Å². The summed E-state index contributed by atoms with van der Waals surface area (Å²) >= 11 is 0. The Kier molecular flexibility index (Phi) is 6.77. The number of anilines is 1. The molecule has 0 fully saturated rings. The molecular weight excluding hydrogens is 436 g/mol. The van der Waals surface area contributed by atoms with E-state index in [4.69, 9.17) is 13.9 Å². The van der Waals surface area contributed by atoms with Gasteiger partial charge in [-0.05, 0) is 36.8 Å². The molecule has 1 heterocycles. The second kappa shape index (κ2) is 10.1. The Labute approximate surface area is 195 Å². The van der Waals surface area contributed by atoms with Gasteiger partial charge in [0, 0.05) is 12.1 Å². The van der Waals surface area contributed by atoms with Gasteiger partial charge in [0.25, 0.3) is 5.91 Å². The van der Waals surface area contributed by atoms with Gasteiger partial charge in [-0.3, -0.25) is 14.2 Å². The zero-order valence-electron chi connectivity index (χ0n) is 18.8. The van der Waals surface area contributed by atoms with Crippen molar-refractivity contribution < 1.29 is 23.5 Å². The molecule has 174 valence electrons. The van der Waals surface area contributed by atoms with E-state index in [0.29, 0.717) is 28.1 Å². The van der Waals surface area contributed by atoms with E-state index >= 15 is 0 Å². The lowest BCUT2D eigenvalue weighted by atomic mass is 10.1. The minimum Gasteiger partial charge on any atom is -0.495 e. The number of nitrogens with one attached hydrogen (secondary N) is 1. The van der Waals surface area contributed by atoms with Crippen molar-refractivity contribution in [2.45, 2.75) is 26.0 Å². The SMILES string of the molecule is COc1ccc(C)cc1NC(=O)C(OC(=O)CCn1c(=O)oc2ccccc21)c1ccccc1. The van der Waals surface area contributed by atoms with Gasteiger partial charge in [-0.2, -0.15) is 0 Å². The molecule has 0 aliphatic heterocycles. The average Bonchev–Trinajstić information content (AvgIpc) is 3.16. The van der Waals surface area contributed by atoms with Crippen LogP contribution >= 0.6 is 0 Å². The number of methoxy groups -OCH3 is 1. The van der Waals surface area contributed by atoms with E-state index in [0.717, 1.165) is 5.56 Å². The summed E-state index contributed by atoms with van der Waals surface area (Å²) in [6, 6.07) is 21.1. The zero-order valence-corrected chi connectivity index (χ0v) is 18.8. The lowest BCUT2D eigenvalue weighted by molar-refractivity contribution is -0.155. The molecule has 3 aromatic carbocycles. The summed E-state index contributed by atoms with van der Waals surface area (Å²) in [5.74, 6) is -1.21. The summed E-state index contributed by atoms with van der Waals surface area (Å²) in [6.07, 6.45) is -1.30. The van der Waals surface area contributed by atoms with E-state index in [-0.39, 0.29) is 13.0 Å². The first-order chi connectivity index (χ1) is 16.5. The smallest absolute Gasteiger partial charge is 0.419 e. The van der Waals surface area contributed by atoms with Gasteiger partial charge in [0.05, 0.1) is 24.7 Å². The van der Waals surface area contributed by atoms with Crippen LogP contribution in [0.5, 0.6) is 5.75 Å². The predicted molar refractivity (Wildman–Crippen MR) is 127 cm³/mol. The van der Waals surface area contributed by atoms with Crippen molar-refractivity contribution in [3.05, 3.63) is 94.5 Å². The standard InChI is InChI=1S/C26H24N2O6/c1-17-12-13-21(32-2)19(16-17)27-25(30)24(18-8-4-3-5-9-18)34-23(29)14-15-28-20-10-6-7-11-22(20)33-26(28)31/h3-13,16,24H,14-15H2,1-2H3,(H,27,30). The maximum atomic E-state index is 13.2. The first kappa shape index (κ1) is 22.8. The Bertz CT molecular complexity index is 1370. The van der Waals surface area contributed by atoms with E-state index in [1.165, 1.54) is 11.7 Å². The summed E-state index contributed by atoms with van der Waals surface area (Å²) in [5.41, 5.74) is 2.95. The van der Waals surface area contributed by atoms with E-state index < -0.39 is 23.7 Å². The Balaban J connectivity index is 1.52. The molecule has 4 rings (SSSR count). The van der Waals surface area contributed by atoms with Crippen molar-refractivity contribution in [1.29, 1.82) is 0 Å². The van der Waals surface area contributed by atoms with E-state index in [2.05, 4.69) is 5.32 Å². The Hall–Kier alpha value is -4.33. The number of carbonyl (C=O) groups is 2. The van der Waals surface area contributed by atoms with Crippen molar-refractivity contribution in [2.75, 3.05) is 12.4 Å². The monoisotopic (exact) mass is 460 g/mol. The van der Waals surface area contributed by atoms with Crippen molar-refractivity contribution in [1.82, 2.24) is 4.57 Å². The van der Waals surface area contributed by atoms with Gasteiger partial charge in [-0.1, -0.05) is 48.5 Å². The number of aryl methyl sites for hydroxylation is 2. The number of nitrogens with zero attached hydrogens (tertiary/aromatic N) is 1. The van der Waals surface area contributed by atoms with Crippen molar-refractivity contribution in [2.24, 2.45) is 0 Å². The molecule has 4 aromatic rings. The second-order valence-corrected chi connectivity index (χ2v) is 7.71. The molecule has 0 spiro atoms. The number of rotatable bonds is 8. The molecule has 0 aliphatic carbocycles. The molecule has 1 unspecified atom stereocenters. The number of oxazole rings is 1. The highest BCUT2D eigenvalue weighted by Gasteiger charge is 2.26. The fourth-order valence-electron chi connectivity index (χ4n) is 3.64. The topological polar surface area (TPSA) is 99.8 Å². The summed E-state index contributed by atoms with van der Waals surface area (Å²) in [4.78, 5) is 38.1. The van der Waals surface area contributed by atoms with Crippen molar-refractivity contribution in [3.63, 3.8) is 0 Å². The first-order valence-electron chi connectivity index (χ1n) is 10.7.